The standard InChI is InChI=1S/C22H27N5O3/c1-22(2,3)18-8-9-19(28)27(24-18)13-14-11-26(12-14)20(29)15-6-7-16-17(10-15)23-25(4)21(16)30-5/h6-10,14H,11-13H2,1-5H3. The summed E-state index contributed by atoms with van der Waals surface area (Å²) >= 11 is 0. The fourth-order valence-corrected chi connectivity index (χ4v) is 3.81. The Labute approximate surface area is 175 Å². The number of rotatable bonds is 4. The highest BCUT2D eigenvalue weighted by atomic mass is 16.5. The molecule has 0 spiro atoms. The van der Waals surface area contributed by atoms with Gasteiger partial charge in [-0.25, -0.2) is 9.36 Å². The Kier molecular flexibility index (Phi) is 4.88. The van der Waals surface area contributed by atoms with Crippen molar-refractivity contribution in [1.82, 2.24) is 24.5 Å². The van der Waals surface area contributed by atoms with E-state index in [0.717, 1.165) is 16.6 Å². The van der Waals surface area contributed by atoms with Crippen molar-refractivity contribution in [3.8, 4) is 5.88 Å². The van der Waals surface area contributed by atoms with Crippen molar-refractivity contribution < 1.29 is 9.53 Å². The summed E-state index contributed by atoms with van der Waals surface area (Å²) in [6.07, 6.45) is 0. The molecule has 2 aromatic heterocycles. The number of amides is 1. The summed E-state index contributed by atoms with van der Waals surface area (Å²) in [5, 5.41) is 9.81. The van der Waals surface area contributed by atoms with E-state index in [-0.39, 0.29) is 22.8 Å². The molecule has 1 aliphatic rings. The second-order valence-electron chi connectivity index (χ2n) is 8.93. The minimum atomic E-state index is -0.121. The summed E-state index contributed by atoms with van der Waals surface area (Å²) in [6.45, 7) is 7.95. The lowest BCUT2D eigenvalue weighted by Crippen LogP contribution is -2.52. The first-order valence-corrected chi connectivity index (χ1v) is 10.1. The Balaban J connectivity index is 1.44. The van der Waals surface area contributed by atoms with Gasteiger partial charge in [0.1, 0.15) is 0 Å². The maximum absolute atomic E-state index is 12.9. The van der Waals surface area contributed by atoms with E-state index in [0.29, 0.717) is 31.1 Å². The normalized spacial score (nSPS) is 14.8. The number of nitrogens with zero attached hydrogens (tertiary/aromatic N) is 5. The number of hydrogen-bond acceptors (Lipinski definition) is 5. The molecule has 3 heterocycles. The molecule has 1 amide bonds. The number of carbonyl (C=O) groups excluding carboxylic acids is 1. The van der Waals surface area contributed by atoms with Crippen LogP contribution in [0.5, 0.6) is 5.88 Å². The van der Waals surface area contributed by atoms with Gasteiger partial charge in [0, 0.05) is 43.1 Å². The Bertz CT molecular complexity index is 1170. The van der Waals surface area contributed by atoms with Crippen LogP contribution >= 0.6 is 0 Å². The maximum atomic E-state index is 12.9. The van der Waals surface area contributed by atoms with Gasteiger partial charge < -0.3 is 9.64 Å². The van der Waals surface area contributed by atoms with Gasteiger partial charge in [-0.05, 0) is 24.3 Å². The van der Waals surface area contributed by atoms with Crippen LogP contribution in [0.15, 0.2) is 35.1 Å². The molecule has 1 fully saturated rings. The fraction of sp³-hybridized carbons (Fsp3) is 0.455. The van der Waals surface area contributed by atoms with Gasteiger partial charge in [-0.2, -0.15) is 10.2 Å². The van der Waals surface area contributed by atoms with Gasteiger partial charge >= 0.3 is 0 Å². The lowest BCUT2D eigenvalue weighted by molar-refractivity contribution is 0.0458. The summed E-state index contributed by atoms with van der Waals surface area (Å²) in [4.78, 5) is 26.8. The Morgan fingerprint density at radius 1 is 1.17 bits per heavy atom. The highest BCUT2D eigenvalue weighted by Crippen LogP contribution is 2.27. The second kappa shape index (κ2) is 7.27. The van der Waals surface area contributed by atoms with Gasteiger partial charge in [0.15, 0.2) is 0 Å². The zero-order chi connectivity index (χ0) is 21.6. The molecule has 1 saturated heterocycles. The number of hydrogen-bond donors (Lipinski definition) is 0. The smallest absolute Gasteiger partial charge is 0.266 e. The number of likely N-dealkylation sites (tertiary alicyclic amines) is 1. The summed E-state index contributed by atoms with van der Waals surface area (Å²) in [5.41, 5.74) is 1.98. The first-order chi connectivity index (χ1) is 14.2. The molecule has 3 aromatic rings. The molecule has 0 saturated carbocycles. The van der Waals surface area contributed by atoms with E-state index in [1.807, 2.05) is 13.1 Å². The minimum Gasteiger partial charge on any atom is -0.481 e. The van der Waals surface area contributed by atoms with Gasteiger partial charge in [-0.1, -0.05) is 20.8 Å². The molecule has 0 radical (unpaired) electrons. The molecule has 0 N–H and O–H groups in total. The van der Waals surface area contributed by atoms with Gasteiger partial charge in [0.2, 0.25) is 5.88 Å². The van der Waals surface area contributed by atoms with Crippen LogP contribution in [-0.4, -0.2) is 50.6 Å². The van der Waals surface area contributed by atoms with Crippen molar-refractivity contribution in [2.45, 2.75) is 32.7 Å². The largest absolute Gasteiger partial charge is 0.481 e. The van der Waals surface area contributed by atoms with Crippen molar-refractivity contribution in [1.29, 1.82) is 0 Å². The maximum Gasteiger partial charge on any atom is 0.266 e. The molecule has 4 rings (SSSR count). The number of benzene rings is 1. The number of fused-ring (bicyclic) bond motifs is 1. The number of aryl methyl sites for hydroxylation is 1. The molecular formula is C22H27N5O3. The zero-order valence-corrected chi connectivity index (χ0v) is 18.0. The lowest BCUT2D eigenvalue weighted by atomic mass is 9.92. The van der Waals surface area contributed by atoms with Crippen LogP contribution in [0.2, 0.25) is 0 Å². The first-order valence-electron chi connectivity index (χ1n) is 10.1. The second-order valence-corrected chi connectivity index (χ2v) is 8.93. The van der Waals surface area contributed by atoms with E-state index in [2.05, 4.69) is 31.0 Å². The average Bonchev–Trinajstić information content (AvgIpc) is 2.98. The molecule has 0 aliphatic carbocycles. The van der Waals surface area contributed by atoms with E-state index in [1.165, 1.54) is 4.68 Å². The SMILES string of the molecule is COc1c2ccc(C(=O)N3CC(Cn4nc(C(C)(C)C)ccc4=O)C3)cc2nn1C. The van der Waals surface area contributed by atoms with Crippen LogP contribution in [0.3, 0.4) is 0 Å². The monoisotopic (exact) mass is 409 g/mol. The summed E-state index contributed by atoms with van der Waals surface area (Å²) < 4.78 is 8.55. The topological polar surface area (TPSA) is 82.2 Å². The summed E-state index contributed by atoms with van der Waals surface area (Å²) in [7, 11) is 3.41. The van der Waals surface area contributed by atoms with E-state index in [4.69, 9.17) is 4.74 Å². The number of aromatic nitrogens is 4. The molecule has 8 nitrogen and oxygen atoms in total. The van der Waals surface area contributed by atoms with E-state index in [1.54, 1.807) is 41.0 Å². The summed E-state index contributed by atoms with van der Waals surface area (Å²) in [6, 6.07) is 8.84. The van der Waals surface area contributed by atoms with Crippen LogP contribution in [0.25, 0.3) is 10.9 Å². The molecule has 8 heteroatoms. The van der Waals surface area contributed by atoms with Crippen molar-refractivity contribution >= 4 is 16.8 Å². The van der Waals surface area contributed by atoms with E-state index < -0.39 is 0 Å². The lowest BCUT2D eigenvalue weighted by Gasteiger charge is -2.39. The predicted octanol–water partition coefficient (Wildman–Crippen LogP) is 2.21. The first kappa shape index (κ1) is 20.1. The van der Waals surface area contributed by atoms with Crippen LogP contribution in [0, 0.1) is 5.92 Å². The Morgan fingerprint density at radius 2 is 1.90 bits per heavy atom. The molecule has 0 unspecified atom stereocenters. The third-order valence-electron chi connectivity index (χ3n) is 5.53. The number of carbonyl (C=O) groups is 1. The van der Waals surface area contributed by atoms with Crippen molar-refractivity contribution in [2.24, 2.45) is 13.0 Å². The highest BCUT2D eigenvalue weighted by molar-refractivity contribution is 5.99. The van der Waals surface area contributed by atoms with Gasteiger partial charge in [-0.3, -0.25) is 9.59 Å². The fourth-order valence-electron chi connectivity index (χ4n) is 3.81. The van der Waals surface area contributed by atoms with Gasteiger partial charge in [0.05, 0.1) is 30.3 Å². The summed E-state index contributed by atoms with van der Waals surface area (Å²) in [5.74, 6) is 0.859. The average molecular weight is 409 g/mol. The molecule has 0 bridgehead atoms. The predicted molar refractivity (Wildman–Crippen MR) is 114 cm³/mol. The van der Waals surface area contributed by atoms with E-state index in [9.17, 15) is 9.59 Å². The quantitative estimate of drug-likeness (QED) is 0.660. The highest BCUT2D eigenvalue weighted by Gasteiger charge is 2.32. The number of ether oxygens (including phenoxy) is 1. The third kappa shape index (κ3) is 3.58. The van der Waals surface area contributed by atoms with Crippen LogP contribution in [0.4, 0.5) is 0 Å². The Hall–Kier alpha value is -3.16. The number of methoxy groups -OCH3 is 1. The van der Waals surface area contributed by atoms with Crippen molar-refractivity contribution in [2.75, 3.05) is 20.2 Å². The molecule has 30 heavy (non-hydrogen) atoms. The van der Waals surface area contributed by atoms with Crippen molar-refractivity contribution in [3.63, 3.8) is 0 Å². The van der Waals surface area contributed by atoms with Crippen LogP contribution in [0.1, 0.15) is 36.8 Å². The van der Waals surface area contributed by atoms with Crippen molar-refractivity contribution in [3.05, 3.63) is 51.9 Å². The third-order valence-corrected chi connectivity index (χ3v) is 5.53. The zero-order valence-electron chi connectivity index (χ0n) is 18.0. The van der Waals surface area contributed by atoms with Crippen LogP contribution < -0.4 is 10.3 Å². The Morgan fingerprint density at radius 3 is 2.57 bits per heavy atom. The van der Waals surface area contributed by atoms with E-state index >= 15 is 0 Å². The van der Waals surface area contributed by atoms with Gasteiger partial charge in [-0.15, -0.1) is 0 Å². The van der Waals surface area contributed by atoms with Crippen LogP contribution in [-0.2, 0) is 19.0 Å². The molecule has 158 valence electrons. The molecule has 1 aliphatic heterocycles. The molecular weight excluding hydrogens is 382 g/mol. The molecule has 1 aromatic carbocycles. The van der Waals surface area contributed by atoms with Gasteiger partial charge in [0.25, 0.3) is 11.5 Å². The minimum absolute atomic E-state index is 0.0264. The molecule has 0 atom stereocenters.